The minimum atomic E-state index is -1.30. The zero-order valence-corrected chi connectivity index (χ0v) is 24.3. The smallest absolute Gasteiger partial charge is 0.323 e. The first-order chi connectivity index (χ1) is 20.7. The Morgan fingerprint density at radius 2 is 1.79 bits per heavy atom. The molecule has 1 aromatic heterocycles. The van der Waals surface area contributed by atoms with Crippen LogP contribution in [0.15, 0.2) is 70.5 Å². The predicted molar refractivity (Wildman–Crippen MR) is 160 cm³/mol. The van der Waals surface area contributed by atoms with Crippen LogP contribution in [0.3, 0.4) is 0 Å². The number of imide groups is 1. The van der Waals surface area contributed by atoms with E-state index in [1.807, 2.05) is 42.5 Å². The fourth-order valence-corrected chi connectivity index (χ4v) is 8.03. The number of thiazole rings is 1. The minimum Gasteiger partial charge on any atom is -0.490 e. The maximum absolute atomic E-state index is 13.4. The number of thioether (sulfide) groups is 1. The summed E-state index contributed by atoms with van der Waals surface area (Å²) in [6.07, 6.45) is 0. The van der Waals surface area contributed by atoms with Crippen molar-refractivity contribution in [2.24, 2.45) is 5.92 Å². The van der Waals surface area contributed by atoms with E-state index in [9.17, 15) is 29.1 Å². The summed E-state index contributed by atoms with van der Waals surface area (Å²) in [6.45, 7) is 1.03. The summed E-state index contributed by atoms with van der Waals surface area (Å²) in [7, 11) is 0. The van der Waals surface area contributed by atoms with Crippen molar-refractivity contribution in [1.82, 2.24) is 9.88 Å². The lowest BCUT2D eigenvalue weighted by Crippen LogP contribution is -2.36. The molecule has 2 aliphatic heterocycles. The monoisotopic (exact) mass is 619 g/mol. The third-order valence-corrected chi connectivity index (χ3v) is 9.66. The number of carbonyl (C=O) groups is 4. The van der Waals surface area contributed by atoms with Crippen molar-refractivity contribution in [2.75, 3.05) is 25.1 Å². The van der Waals surface area contributed by atoms with Crippen LogP contribution in [0.25, 0.3) is 10.8 Å². The number of anilines is 1. The van der Waals surface area contributed by atoms with E-state index in [1.165, 1.54) is 0 Å². The lowest BCUT2D eigenvalue weighted by Gasteiger charge is -2.30. The molecule has 4 aromatic rings. The van der Waals surface area contributed by atoms with Gasteiger partial charge in [-0.15, -0.1) is 0 Å². The molecule has 0 aliphatic carbocycles. The summed E-state index contributed by atoms with van der Waals surface area (Å²) in [5, 5.41) is 13.6. The molecule has 6 rings (SSSR count). The standard InChI is InChI=1S/C30H25N3O8S2/c1-2-40-20-12-16(10-11-19(20)41-14-21(34)31-18-9-5-7-15-6-3-4-8-17(15)18)23-24-26(42-27-25(23)43-30(39)32-27)29(38)33(28(24)37)13-22(35)36/h3-12,23-24,26H,2,13-14H2,1H3,(H,31,34)(H,32,39)(H,35,36)/t23-,24+,26-/m0/s1. The number of nitrogens with zero attached hydrogens (tertiary/aromatic N) is 1. The van der Waals surface area contributed by atoms with Crippen LogP contribution in [0.5, 0.6) is 11.5 Å². The fraction of sp³-hybridized carbons (Fsp3) is 0.233. The average Bonchev–Trinajstić information content (AvgIpc) is 3.47. The number of ether oxygens (including phenoxy) is 2. The van der Waals surface area contributed by atoms with Gasteiger partial charge in [0, 0.05) is 21.9 Å². The number of carboxylic acids is 1. The highest BCUT2D eigenvalue weighted by Gasteiger charge is 2.56. The normalized spacial score (nSPS) is 19.2. The van der Waals surface area contributed by atoms with E-state index in [4.69, 9.17) is 9.47 Å². The maximum atomic E-state index is 13.4. The van der Waals surface area contributed by atoms with E-state index in [0.29, 0.717) is 32.7 Å². The van der Waals surface area contributed by atoms with E-state index in [0.717, 1.165) is 38.8 Å². The van der Waals surface area contributed by atoms with Crippen molar-refractivity contribution >= 4 is 63.2 Å². The largest absolute Gasteiger partial charge is 0.490 e. The number of hydrogen-bond donors (Lipinski definition) is 3. The Hall–Kier alpha value is -4.62. The Bertz CT molecular complexity index is 1830. The van der Waals surface area contributed by atoms with Gasteiger partial charge >= 0.3 is 10.8 Å². The molecule has 43 heavy (non-hydrogen) atoms. The van der Waals surface area contributed by atoms with E-state index in [2.05, 4.69) is 10.3 Å². The molecule has 0 radical (unpaired) electrons. The van der Waals surface area contributed by atoms with Gasteiger partial charge in [0.2, 0.25) is 11.8 Å². The topological polar surface area (TPSA) is 155 Å². The van der Waals surface area contributed by atoms with Crippen LogP contribution in [0.1, 0.15) is 23.3 Å². The van der Waals surface area contributed by atoms with Gasteiger partial charge in [-0.2, -0.15) is 0 Å². The van der Waals surface area contributed by atoms with Crippen molar-refractivity contribution in [2.45, 2.75) is 23.1 Å². The van der Waals surface area contributed by atoms with Crippen molar-refractivity contribution in [1.29, 1.82) is 0 Å². The molecule has 3 atom stereocenters. The van der Waals surface area contributed by atoms with E-state index in [-0.39, 0.29) is 24.0 Å². The van der Waals surface area contributed by atoms with Gasteiger partial charge < -0.3 is 24.9 Å². The van der Waals surface area contributed by atoms with Crippen molar-refractivity contribution in [3.05, 3.63) is 80.8 Å². The number of carboxylic acid groups (broad SMARTS) is 1. The van der Waals surface area contributed by atoms with Gasteiger partial charge in [0.05, 0.1) is 17.6 Å². The zero-order valence-electron chi connectivity index (χ0n) is 22.7. The van der Waals surface area contributed by atoms with Gasteiger partial charge in [0.15, 0.2) is 18.1 Å². The van der Waals surface area contributed by atoms with Crippen molar-refractivity contribution in [3.63, 3.8) is 0 Å². The molecule has 0 unspecified atom stereocenters. The molecular weight excluding hydrogens is 594 g/mol. The molecule has 0 bridgehead atoms. The summed E-state index contributed by atoms with van der Waals surface area (Å²) >= 11 is 2.01. The second kappa shape index (κ2) is 11.6. The summed E-state index contributed by atoms with van der Waals surface area (Å²) in [5.41, 5.74) is 1.24. The highest BCUT2D eigenvalue weighted by molar-refractivity contribution is 8.00. The third-order valence-electron chi connectivity index (χ3n) is 7.26. The van der Waals surface area contributed by atoms with Crippen LogP contribution in [0.2, 0.25) is 0 Å². The summed E-state index contributed by atoms with van der Waals surface area (Å²) in [5.74, 6) is -3.88. The average molecular weight is 620 g/mol. The second-order valence-electron chi connectivity index (χ2n) is 9.91. The fourth-order valence-electron chi connectivity index (χ4n) is 5.49. The molecule has 220 valence electrons. The lowest BCUT2D eigenvalue weighted by molar-refractivity contribution is -0.149. The number of hydrogen-bond acceptors (Lipinski definition) is 9. The number of aromatic amines is 1. The molecule has 0 spiro atoms. The number of benzene rings is 3. The number of aromatic nitrogens is 1. The summed E-state index contributed by atoms with van der Waals surface area (Å²) in [6, 6.07) is 18.3. The predicted octanol–water partition coefficient (Wildman–Crippen LogP) is 3.68. The van der Waals surface area contributed by atoms with Crippen molar-refractivity contribution in [3.8, 4) is 11.5 Å². The summed E-state index contributed by atoms with van der Waals surface area (Å²) < 4.78 is 11.7. The molecule has 3 aromatic carbocycles. The van der Waals surface area contributed by atoms with Crippen LogP contribution < -0.4 is 19.7 Å². The van der Waals surface area contributed by atoms with E-state index < -0.39 is 41.4 Å². The maximum Gasteiger partial charge on any atom is 0.323 e. The lowest BCUT2D eigenvalue weighted by atomic mass is 9.83. The molecule has 3 N–H and O–H groups in total. The highest BCUT2D eigenvalue weighted by Crippen LogP contribution is 2.53. The number of H-pyrrole nitrogens is 1. The van der Waals surface area contributed by atoms with E-state index in [1.54, 1.807) is 25.1 Å². The molecule has 13 heteroatoms. The van der Waals surface area contributed by atoms with Crippen molar-refractivity contribution < 1.29 is 33.8 Å². The van der Waals surface area contributed by atoms with Gasteiger partial charge in [-0.05, 0) is 36.1 Å². The number of nitrogens with one attached hydrogen (secondary N) is 2. The van der Waals surface area contributed by atoms with E-state index >= 15 is 0 Å². The quantitative estimate of drug-likeness (QED) is 0.238. The number of amides is 3. The number of aliphatic carboxylic acids is 1. The van der Waals surface area contributed by atoms with Crippen LogP contribution in [-0.4, -0.2) is 63.7 Å². The van der Waals surface area contributed by atoms with Gasteiger partial charge in [0.25, 0.3) is 5.91 Å². The molecule has 1 fully saturated rings. The van der Waals surface area contributed by atoms with Gasteiger partial charge in [0.1, 0.15) is 11.8 Å². The Labute approximate surface area is 252 Å². The third kappa shape index (κ3) is 5.37. The molecule has 1 saturated heterocycles. The first-order valence-electron chi connectivity index (χ1n) is 13.4. The van der Waals surface area contributed by atoms with Crippen LogP contribution >= 0.6 is 23.1 Å². The molecule has 11 nitrogen and oxygen atoms in total. The van der Waals surface area contributed by atoms with Crippen LogP contribution in [-0.2, 0) is 19.2 Å². The SMILES string of the molecule is CCOc1cc([C@@H]2c3sc(=O)[nH]c3S[C@@H]3C(=O)N(CC(=O)O)C(=O)[C@H]23)ccc1OCC(=O)Nc1cccc2ccccc12. The van der Waals surface area contributed by atoms with Gasteiger partial charge in [-0.3, -0.25) is 28.9 Å². The Kier molecular flexibility index (Phi) is 7.67. The second-order valence-corrected chi connectivity index (χ2v) is 12.1. The first-order valence-corrected chi connectivity index (χ1v) is 15.1. The zero-order chi connectivity index (χ0) is 30.2. The first kappa shape index (κ1) is 28.5. The van der Waals surface area contributed by atoms with Gasteiger partial charge in [-0.1, -0.05) is 65.6 Å². The molecular formula is C30H25N3O8S2. The van der Waals surface area contributed by atoms with Gasteiger partial charge in [-0.25, -0.2) is 0 Å². The molecule has 0 saturated carbocycles. The number of rotatable bonds is 9. The molecule has 3 amide bonds. The number of fused-ring (bicyclic) bond motifs is 3. The Morgan fingerprint density at radius 1 is 1.00 bits per heavy atom. The Balaban J connectivity index is 1.28. The number of carbonyl (C=O) groups excluding carboxylic acids is 3. The van der Waals surface area contributed by atoms with Crippen LogP contribution in [0, 0.1) is 5.92 Å². The molecule has 3 heterocycles. The Morgan fingerprint density at radius 3 is 2.58 bits per heavy atom. The molecule has 2 aliphatic rings. The minimum absolute atomic E-state index is 0.279. The summed E-state index contributed by atoms with van der Waals surface area (Å²) in [4.78, 5) is 66.8. The van der Waals surface area contributed by atoms with Crippen LogP contribution in [0.4, 0.5) is 5.69 Å². The number of likely N-dealkylation sites (tertiary alicyclic amines) is 1. The highest BCUT2D eigenvalue weighted by atomic mass is 32.2.